The minimum absolute atomic E-state index is 0. The van der Waals surface area contributed by atoms with Crippen molar-refractivity contribution < 1.29 is 15.0 Å². The van der Waals surface area contributed by atoms with Crippen LogP contribution in [0.25, 0.3) is 22.2 Å². The number of benzene rings is 1. The molecule has 0 amide bonds. The number of carboxylic acid groups (broad SMARTS) is 1. The molecule has 148 valence electrons. The van der Waals surface area contributed by atoms with Gasteiger partial charge >= 0.3 is 5.97 Å². The van der Waals surface area contributed by atoms with Gasteiger partial charge in [-0.1, -0.05) is 6.07 Å². The molecule has 7 nitrogen and oxygen atoms in total. The first-order valence-electron chi connectivity index (χ1n) is 8.87. The summed E-state index contributed by atoms with van der Waals surface area (Å²) in [5, 5.41) is 20.3. The zero-order valence-corrected chi connectivity index (χ0v) is 16.5. The highest BCUT2D eigenvalue weighted by atomic mass is 35.5. The number of aromatic carboxylic acids is 1. The Labute approximate surface area is 167 Å². The number of carbonyl (C=O) groups is 1. The molecule has 0 spiro atoms. The second-order valence-electron chi connectivity index (χ2n) is 7.08. The van der Waals surface area contributed by atoms with Gasteiger partial charge in [-0.15, -0.1) is 12.4 Å². The third-order valence-electron chi connectivity index (χ3n) is 5.41. The van der Waals surface area contributed by atoms with E-state index in [1.54, 1.807) is 6.92 Å². The average Bonchev–Trinajstić information content (AvgIpc) is 2.89. The SMILES string of the molecule is Cc1c(-c2ccc3c(c2)cc(CN2CCC2)n3C)[nH]c(=O)c(C(=O)O)c1O.Cl. The first-order chi connectivity index (χ1) is 12.9. The molecule has 28 heavy (non-hydrogen) atoms. The maximum Gasteiger partial charge on any atom is 0.345 e. The molecule has 3 N–H and O–H groups in total. The molecule has 0 atom stereocenters. The van der Waals surface area contributed by atoms with Crippen molar-refractivity contribution in [3.8, 4) is 17.0 Å². The van der Waals surface area contributed by atoms with Gasteiger partial charge in [-0.3, -0.25) is 9.69 Å². The van der Waals surface area contributed by atoms with Crippen LogP contribution in [0.4, 0.5) is 0 Å². The summed E-state index contributed by atoms with van der Waals surface area (Å²) in [5.74, 6) is -1.94. The summed E-state index contributed by atoms with van der Waals surface area (Å²) in [6.07, 6.45) is 1.25. The van der Waals surface area contributed by atoms with Crippen molar-refractivity contribution in [2.24, 2.45) is 7.05 Å². The number of nitrogens with zero attached hydrogens (tertiary/aromatic N) is 2. The number of rotatable bonds is 4. The molecule has 0 radical (unpaired) electrons. The Bertz CT molecular complexity index is 1130. The molecule has 0 aliphatic carbocycles. The van der Waals surface area contributed by atoms with Gasteiger partial charge in [0.15, 0.2) is 5.56 Å². The van der Waals surface area contributed by atoms with Crippen LogP contribution in [-0.2, 0) is 13.6 Å². The molecule has 1 aromatic carbocycles. The van der Waals surface area contributed by atoms with E-state index in [1.807, 2.05) is 25.2 Å². The van der Waals surface area contributed by atoms with Gasteiger partial charge in [-0.05, 0) is 50.2 Å². The second kappa shape index (κ2) is 7.33. The van der Waals surface area contributed by atoms with E-state index in [0.29, 0.717) is 11.3 Å². The molecule has 3 aromatic rings. The maximum atomic E-state index is 12.1. The van der Waals surface area contributed by atoms with Crippen molar-refractivity contribution in [2.45, 2.75) is 19.9 Å². The summed E-state index contributed by atoms with van der Waals surface area (Å²) >= 11 is 0. The summed E-state index contributed by atoms with van der Waals surface area (Å²) in [7, 11) is 2.04. The fraction of sp³-hybridized carbons (Fsp3) is 0.300. The van der Waals surface area contributed by atoms with Gasteiger partial charge in [0.25, 0.3) is 5.56 Å². The van der Waals surface area contributed by atoms with Crippen molar-refractivity contribution in [3.05, 3.63) is 51.4 Å². The number of aromatic hydroxyl groups is 1. The molecule has 4 rings (SSSR count). The molecule has 0 bridgehead atoms. The summed E-state index contributed by atoms with van der Waals surface area (Å²) in [4.78, 5) is 28.3. The second-order valence-corrected chi connectivity index (χ2v) is 7.08. The number of aryl methyl sites for hydroxylation is 1. The average molecular weight is 404 g/mol. The minimum Gasteiger partial charge on any atom is -0.506 e. The van der Waals surface area contributed by atoms with E-state index >= 15 is 0 Å². The molecule has 2 aromatic heterocycles. The summed E-state index contributed by atoms with van der Waals surface area (Å²) in [6, 6.07) is 7.93. The van der Waals surface area contributed by atoms with Crippen LogP contribution in [0.15, 0.2) is 29.1 Å². The number of likely N-dealkylation sites (tertiary alicyclic amines) is 1. The Balaban J connectivity index is 0.00000225. The topological polar surface area (TPSA) is 98.6 Å². The molecular formula is C20H22ClN3O4. The normalized spacial score (nSPS) is 13.9. The first-order valence-corrected chi connectivity index (χ1v) is 8.87. The fourth-order valence-corrected chi connectivity index (χ4v) is 3.65. The molecular weight excluding hydrogens is 382 g/mol. The molecule has 1 aliphatic heterocycles. The van der Waals surface area contributed by atoms with Crippen LogP contribution in [0.2, 0.25) is 0 Å². The van der Waals surface area contributed by atoms with Gasteiger partial charge in [0.05, 0.1) is 5.69 Å². The van der Waals surface area contributed by atoms with Crippen LogP contribution in [0.3, 0.4) is 0 Å². The molecule has 0 saturated carbocycles. The van der Waals surface area contributed by atoms with E-state index in [0.717, 1.165) is 36.1 Å². The highest BCUT2D eigenvalue weighted by Crippen LogP contribution is 2.31. The predicted molar refractivity (Wildman–Crippen MR) is 109 cm³/mol. The van der Waals surface area contributed by atoms with E-state index in [4.69, 9.17) is 5.11 Å². The smallest absolute Gasteiger partial charge is 0.345 e. The summed E-state index contributed by atoms with van der Waals surface area (Å²) in [5.41, 5.74) is 2.35. The highest BCUT2D eigenvalue weighted by molar-refractivity contribution is 5.92. The fourth-order valence-electron chi connectivity index (χ4n) is 3.65. The quantitative estimate of drug-likeness (QED) is 0.622. The van der Waals surface area contributed by atoms with Crippen LogP contribution in [0, 0.1) is 6.92 Å². The van der Waals surface area contributed by atoms with Crippen molar-refractivity contribution >= 4 is 29.3 Å². The number of carboxylic acids is 1. The highest BCUT2D eigenvalue weighted by Gasteiger charge is 2.21. The molecule has 1 saturated heterocycles. The van der Waals surface area contributed by atoms with Crippen molar-refractivity contribution in [1.29, 1.82) is 0 Å². The number of hydrogen-bond acceptors (Lipinski definition) is 4. The lowest BCUT2D eigenvalue weighted by atomic mass is 10.0. The molecule has 1 aliphatic rings. The van der Waals surface area contributed by atoms with E-state index in [-0.39, 0.29) is 12.4 Å². The Morgan fingerprint density at radius 3 is 2.57 bits per heavy atom. The molecule has 3 heterocycles. The van der Waals surface area contributed by atoms with Crippen molar-refractivity contribution in [1.82, 2.24) is 14.5 Å². The third kappa shape index (κ3) is 3.16. The number of halogens is 1. The molecule has 0 unspecified atom stereocenters. The van der Waals surface area contributed by atoms with Crippen LogP contribution in [-0.4, -0.2) is 43.7 Å². The zero-order chi connectivity index (χ0) is 19.3. The number of aromatic nitrogens is 2. The van der Waals surface area contributed by atoms with Crippen LogP contribution in [0.1, 0.15) is 28.0 Å². The molecule has 8 heteroatoms. The monoisotopic (exact) mass is 403 g/mol. The van der Waals surface area contributed by atoms with Gasteiger partial charge < -0.3 is 19.8 Å². The minimum atomic E-state index is -1.45. The standard InChI is InChI=1S/C20H21N3O4.ClH/c1-11-17(21-19(25)16(18(11)24)20(26)27)12-4-5-15-13(8-12)9-14(22(15)2)10-23-6-3-7-23;/h4-5,8-9H,3,6-7,10H2,1-2H3,(H,26,27)(H2,21,24,25);1H. The van der Waals surface area contributed by atoms with Crippen molar-refractivity contribution in [3.63, 3.8) is 0 Å². The lowest BCUT2D eigenvalue weighted by molar-refractivity contribution is 0.0691. The van der Waals surface area contributed by atoms with E-state index < -0.39 is 22.8 Å². The Morgan fingerprint density at radius 2 is 1.96 bits per heavy atom. The van der Waals surface area contributed by atoms with E-state index in [1.165, 1.54) is 12.1 Å². The number of hydrogen-bond donors (Lipinski definition) is 3. The van der Waals surface area contributed by atoms with E-state index in [2.05, 4.69) is 20.5 Å². The van der Waals surface area contributed by atoms with Gasteiger partial charge in [0.2, 0.25) is 0 Å². The Kier molecular flexibility index (Phi) is 5.23. The lowest BCUT2D eigenvalue weighted by Gasteiger charge is -2.30. The number of nitrogens with one attached hydrogen (secondary N) is 1. The van der Waals surface area contributed by atoms with Crippen LogP contribution >= 0.6 is 12.4 Å². The maximum absolute atomic E-state index is 12.1. The number of H-pyrrole nitrogens is 1. The molecule has 1 fully saturated rings. The largest absolute Gasteiger partial charge is 0.506 e. The lowest BCUT2D eigenvalue weighted by Crippen LogP contribution is -2.36. The number of fused-ring (bicyclic) bond motifs is 1. The van der Waals surface area contributed by atoms with Gasteiger partial charge in [0.1, 0.15) is 5.75 Å². The Morgan fingerprint density at radius 1 is 1.25 bits per heavy atom. The first kappa shape index (κ1) is 20.0. The number of pyridine rings is 1. The van der Waals surface area contributed by atoms with Crippen molar-refractivity contribution in [2.75, 3.05) is 13.1 Å². The van der Waals surface area contributed by atoms with Gasteiger partial charge in [0, 0.05) is 35.8 Å². The predicted octanol–water partition coefficient (Wildman–Crippen LogP) is 2.87. The zero-order valence-electron chi connectivity index (χ0n) is 15.7. The van der Waals surface area contributed by atoms with E-state index in [9.17, 15) is 14.7 Å². The van der Waals surface area contributed by atoms with Gasteiger partial charge in [-0.25, -0.2) is 4.79 Å². The number of aromatic amines is 1. The van der Waals surface area contributed by atoms with Gasteiger partial charge in [-0.2, -0.15) is 0 Å². The Hall–Kier alpha value is -2.77. The third-order valence-corrected chi connectivity index (χ3v) is 5.41. The summed E-state index contributed by atoms with van der Waals surface area (Å²) in [6.45, 7) is 4.76. The van der Waals surface area contributed by atoms with Crippen LogP contribution < -0.4 is 5.56 Å². The van der Waals surface area contributed by atoms with Crippen LogP contribution in [0.5, 0.6) is 5.75 Å². The summed E-state index contributed by atoms with van der Waals surface area (Å²) < 4.78 is 2.16.